The molecule has 15 heavy (non-hydrogen) atoms. The van der Waals surface area contributed by atoms with Gasteiger partial charge in [0, 0.05) is 18.5 Å². The van der Waals surface area contributed by atoms with Gasteiger partial charge in [0.05, 0.1) is 13.2 Å². The molecule has 0 radical (unpaired) electrons. The van der Waals surface area contributed by atoms with Crippen LogP contribution in [0.5, 0.6) is 0 Å². The van der Waals surface area contributed by atoms with Crippen LogP contribution in [0.2, 0.25) is 0 Å². The maximum absolute atomic E-state index is 11.3. The van der Waals surface area contributed by atoms with E-state index in [1.54, 1.807) is 5.38 Å². The summed E-state index contributed by atoms with van der Waals surface area (Å²) in [6, 6.07) is 0. The Kier molecular flexibility index (Phi) is 5.83. The van der Waals surface area contributed by atoms with Crippen molar-refractivity contribution in [2.75, 3.05) is 26.4 Å². The van der Waals surface area contributed by atoms with Crippen LogP contribution in [0.25, 0.3) is 0 Å². The molecular formula is C8H13N3O3S. The average Bonchev–Trinajstić information content (AvgIpc) is 2.76. The summed E-state index contributed by atoms with van der Waals surface area (Å²) in [7, 11) is 0. The average molecular weight is 231 g/mol. The highest BCUT2D eigenvalue weighted by atomic mass is 32.1. The van der Waals surface area contributed by atoms with Crippen molar-refractivity contribution in [1.29, 1.82) is 0 Å². The third-order valence-electron chi connectivity index (χ3n) is 1.58. The zero-order valence-corrected chi connectivity index (χ0v) is 9.00. The Hall–Kier alpha value is -1.05. The van der Waals surface area contributed by atoms with Gasteiger partial charge in [0.25, 0.3) is 5.91 Å². The van der Waals surface area contributed by atoms with Crippen molar-refractivity contribution in [1.82, 2.24) is 14.9 Å². The molecule has 6 nitrogen and oxygen atoms in total. The number of carbonyl (C=O) groups excluding carboxylic acids is 1. The fourth-order valence-electron chi connectivity index (χ4n) is 0.897. The monoisotopic (exact) mass is 231 g/mol. The van der Waals surface area contributed by atoms with Crippen LogP contribution in [0.3, 0.4) is 0 Å². The standard InChI is InChI=1S/C8H13N3O3S/c12-3-5-14-4-1-2-9-8(13)7-6-15-11-10-7/h6,12H,1-5H2,(H,9,13). The fraction of sp³-hybridized carbons (Fsp3) is 0.625. The Labute approximate surface area is 91.4 Å². The van der Waals surface area contributed by atoms with E-state index in [9.17, 15) is 4.79 Å². The van der Waals surface area contributed by atoms with Gasteiger partial charge < -0.3 is 15.2 Å². The van der Waals surface area contributed by atoms with Crippen LogP contribution >= 0.6 is 11.5 Å². The number of aliphatic hydroxyl groups excluding tert-OH is 1. The molecule has 0 aliphatic heterocycles. The lowest BCUT2D eigenvalue weighted by molar-refractivity contribution is 0.0865. The number of rotatable bonds is 7. The number of carbonyl (C=O) groups is 1. The Balaban J connectivity index is 2.03. The summed E-state index contributed by atoms with van der Waals surface area (Å²) in [6.45, 7) is 1.42. The van der Waals surface area contributed by atoms with Crippen LogP contribution in [0.1, 0.15) is 16.9 Å². The lowest BCUT2D eigenvalue weighted by Crippen LogP contribution is -2.25. The van der Waals surface area contributed by atoms with Gasteiger partial charge in [-0.05, 0) is 18.0 Å². The highest BCUT2D eigenvalue weighted by molar-refractivity contribution is 7.03. The van der Waals surface area contributed by atoms with Crippen molar-refractivity contribution in [3.63, 3.8) is 0 Å². The fourth-order valence-corrected chi connectivity index (χ4v) is 1.33. The smallest absolute Gasteiger partial charge is 0.272 e. The van der Waals surface area contributed by atoms with Gasteiger partial charge in [0.2, 0.25) is 0 Å². The first-order valence-corrected chi connectivity index (χ1v) is 5.42. The first-order chi connectivity index (χ1) is 7.34. The summed E-state index contributed by atoms with van der Waals surface area (Å²) >= 11 is 1.14. The molecule has 0 fully saturated rings. The van der Waals surface area contributed by atoms with Gasteiger partial charge >= 0.3 is 0 Å². The zero-order valence-electron chi connectivity index (χ0n) is 8.18. The van der Waals surface area contributed by atoms with Crippen molar-refractivity contribution >= 4 is 17.4 Å². The summed E-state index contributed by atoms with van der Waals surface area (Å²) in [4.78, 5) is 11.3. The van der Waals surface area contributed by atoms with Crippen LogP contribution in [-0.2, 0) is 4.74 Å². The lowest BCUT2D eigenvalue weighted by Gasteiger charge is -2.03. The molecule has 2 N–H and O–H groups in total. The third kappa shape index (κ3) is 4.82. The second-order valence-corrected chi connectivity index (χ2v) is 3.35. The molecule has 1 aromatic rings. The third-order valence-corrected chi connectivity index (χ3v) is 2.08. The molecule has 0 saturated heterocycles. The maximum Gasteiger partial charge on any atom is 0.272 e. The predicted molar refractivity (Wildman–Crippen MR) is 54.8 cm³/mol. The van der Waals surface area contributed by atoms with E-state index in [4.69, 9.17) is 9.84 Å². The SMILES string of the molecule is O=C(NCCCOCCO)c1csnn1. The van der Waals surface area contributed by atoms with E-state index < -0.39 is 0 Å². The molecule has 0 saturated carbocycles. The molecule has 1 heterocycles. The van der Waals surface area contributed by atoms with Crippen molar-refractivity contribution in [2.45, 2.75) is 6.42 Å². The first kappa shape index (κ1) is 12.0. The number of aliphatic hydroxyl groups is 1. The molecule has 0 atom stereocenters. The number of ether oxygens (including phenoxy) is 1. The lowest BCUT2D eigenvalue weighted by atomic mass is 10.4. The van der Waals surface area contributed by atoms with E-state index in [0.29, 0.717) is 31.9 Å². The van der Waals surface area contributed by atoms with E-state index in [-0.39, 0.29) is 12.5 Å². The minimum absolute atomic E-state index is 0.0247. The molecule has 0 aliphatic rings. The molecule has 0 spiro atoms. The quantitative estimate of drug-likeness (QED) is 0.627. The Morgan fingerprint density at radius 3 is 3.13 bits per heavy atom. The van der Waals surface area contributed by atoms with Crippen LogP contribution in [0.4, 0.5) is 0 Å². The first-order valence-electron chi connectivity index (χ1n) is 4.58. The van der Waals surface area contributed by atoms with Gasteiger partial charge in [-0.25, -0.2) is 0 Å². The molecule has 7 heteroatoms. The number of amides is 1. The molecule has 0 bridgehead atoms. The topological polar surface area (TPSA) is 84.3 Å². The van der Waals surface area contributed by atoms with Crippen molar-refractivity contribution in [3.8, 4) is 0 Å². The van der Waals surface area contributed by atoms with Crippen molar-refractivity contribution in [3.05, 3.63) is 11.1 Å². The molecule has 1 amide bonds. The highest BCUT2D eigenvalue weighted by Crippen LogP contribution is 1.95. The van der Waals surface area contributed by atoms with E-state index in [1.165, 1.54) is 0 Å². The summed E-state index contributed by atoms with van der Waals surface area (Å²) in [5.41, 5.74) is 0.344. The molecule has 0 aromatic carbocycles. The number of hydrogen-bond donors (Lipinski definition) is 2. The Morgan fingerprint density at radius 1 is 1.60 bits per heavy atom. The van der Waals surface area contributed by atoms with Gasteiger partial charge in [-0.2, -0.15) is 0 Å². The normalized spacial score (nSPS) is 10.2. The number of nitrogens with zero attached hydrogens (tertiary/aromatic N) is 2. The van der Waals surface area contributed by atoms with Crippen LogP contribution in [-0.4, -0.2) is 47.0 Å². The van der Waals surface area contributed by atoms with Crippen LogP contribution < -0.4 is 5.32 Å². The Bertz CT molecular complexity index is 279. The minimum Gasteiger partial charge on any atom is -0.394 e. The predicted octanol–water partition coefficient (Wildman–Crippen LogP) is -0.333. The molecule has 0 unspecified atom stereocenters. The van der Waals surface area contributed by atoms with Gasteiger partial charge in [-0.15, -0.1) is 5.10 Å². The van der Waals surface area contributed by atoms with Gasteiger partial charge in [-0.1, -0.05) is 4.49 Å². The molecule has 1 aromatic heterocycles. The van der Waals surface area contributed by atoms with Gasteiger partial charge in [0.1, 0.15) is 0 Å². The summed E-state index contributed by atoms with van der Waals surface area (Å²) < 4.78 is 8.62. The summed E-state index contributed by atoms with van der Waals surface area (Å²) in [6.07, 6.45) is 0.712. The molecule has 1 rings (SSSR count). The number of aromatic nitrogens is 2. The number of nitrogens with one attached hydrogen (secondary N) is 1. The van der Waals surface area contributed by atoms with Crippen molar-refractivity contribution < 1.29 is 14.6 Å². The summed E-state index contributed by atoms with van der Waals surface area (Å²) in [5.74, 6) is -0.217. The van der Waals surface area contributed by atoms with E-state index >= 15 is 0 Å². The largest absolute Gasteiger partial charge is 0.394 e. The Morgan fingerprint density at radius 2 is 2.47 bits per heavy atom. The van der Waals surface area contributed by atoms with E-state index in [0.717, 1.165) is 11.5 Å². The van der Waals surface area contributed by atoms with Crippen LogP contribution in [0.15, 0.2) is 5.38 Å². The summed E-state index contributed by atoms with van der Waals surface area (Å²) in [5, 5.41) is 16.3. The maximum atomic E-state index is 11.3. The van der Waals surface area contributed by atoms with Gasteiger partial charge in [-0.3, -0.25) is 4.79 Å². The minimum atomic E-state index is -0.217. The van der Waals surface area contributed by atoms with Crippen molar-refractivity contribution in [2.24, 2.45) is 0 Å². The van der Waals surface area contributed by atoms with E-state index in [1.807, 2.05) is 0 Å². The second kappa shape index (κ2) is 7.27. The van der Waals surface area contributed by atoms with Gasteiger partial charge in [0.15, 0.2) is 5.69 Å². The highest BCUT2D eigenvalue weighted by Gasteiger charge is 2.06. The zero-order chi connectivity index (χ0) is 10.9. The number of hydrogen-bond acceptors (Lipinski definition) is 6. The van der Waals surface area contributed by atoms with E-state index in [2.05, 4.69) is 14.9 Å². The molecule has 0 aliphatic carbocycles. The molecule has 84 valence electrons. The molecular weight excluding hydrogens is 218 g/mol. The second-order valence-electron chi connectivity index (χ2n) is 2.74. The van der Waals surface area contributed by atoms with Crippen LogP contribution in [0, 0.1) is 0 Å².